The van der Waals surface area contributed by atoms with Gasteiger partial charge in [-0.2, -0.15) is 0 Å². The topological polar surface area (TPSA) is 90.6 Å². The van der Waals surface area contributed by atoms with Gasteiger partial charge >= 0.3 is 6.09 Å². The third kappa shape index (κ3) is 4.85. The van der Waals surface area contributed by atoms with E-state index in [2.05, 4.69) is 15.2 Å². The number of ether oxygens (including phenoxy) is 1. The molecule has 3 aliphatic heterocycles. The fourth-order valence-electron chi connectivity index (χ4n) is 6.82. The SMILES string of the molecule is COC(=O)N1CCc2[nH]c(C)nc2C1C1CC2CCC(C1)N2CC[C@H](NC(C)=O)c1cccc(F)c1. The van der Waals surface area contributed by atoms with Crippen molar-refractivity contribution in [1.82, 2.24) is 25.1 Å². The van der Waals surface area contributed by atoms with Gasteiger partial charge in [-0.15, -0.1) is 0 Å². The minimum absolute atomic E-state index is 0.0733. The molecule has 36 heavy (non-hydrogen) atoms. The number of carbonyl (C=O) groups excluding carboxylic acids is 2. The van der Waals surface area contributed by atoms with E-state index in [4.69, 9.17) is 9.72 Å². The normalized spacial score (nSPS) is 26.4. The first kappa shape index (κ1) is 24.7. The highest BCUT2D eigenvalue weighted by molar-refractivity contribution is 5.73. The summed E-state index contributed by atoms with van der Waals surface area (Å²) in [6.45, 7) is 4.94. The molecule has 0 radical (unpaired) electrons. The number of nitrogens with zero attached hydrogens (tertiary/aromatic N) is 3. The van der Waals surface area contributed by atoms with E-state index in [0.29, 0.717) is 24.5 Å². The summed E-state index contributed by atoms with van der Waals surface area (Å²) in [6.07, 6.45) is 5.44. The Morgan fingerprint density at radius 1 is 1.28 bits per heavy atom. The highest BCUT2D eigenvalue weighted by Gasteiger charge is 2.47. The molecule has 4 atom stereocenters. The van der Waals surface area contributed by atoms with Crippen molar-refractivity contribution in [3.63, 3.8) is 0 Å². The summed E-state index contributed by atoms with van der Waals surface area (Å²) >= 11 is 0. The van der Waals surface area contributed by atoms with Gasteiger partial charge in [-0.1, -0.05) is 12.1 Å². The number of fused-ring (bicyclic) bond motifs is 3. The molecule has 0 saturated carbocycles. The van der Waals surface area contributed by atoms with Crippen LogP contribution < -0.4 is 5.32 Å². The summed E-state index contributed by atoms with van der Waals surface area (Å²) in [4.78, 5) is 37.2. The maximum atomic E-state index is 13.9. The molecule has 2 aromatic rings. The molecule has 9 heteroatoms. The van der Waals surface area contributed by atoms with Crippen LogP contribution in [0.15, 0.2) is 24.3 Å². The Kier molecular flexibility index (Phi) is 7.01. The monoisotopic (exact) mass is 497 g/mol. The van der Waals surface area contributed by atoms with Gasteiger partial charge in [0.1, 0.15) is 11.6 Å². The molecule has 4 heterocycles. The second kappa shape index (κ2) is 10.2. The molecule has 2 saturated heterocycles. The molecule has 194 valence electrons. The van der Waals surface area contributed by atoms with E-state index in [9.17, 15) is 14.0 Å². The van der Waals surface area contributed by atoms with Crippen molar-refractivity contribution < 1.29 is 18.7 Å². The summed E-state index contributed by atoms with van der Waals surface area (Å²) in [5.41, 5.74) is 2.93. The van der Waals surface area contributed by atoms with E-state index in [0.717, 1.165) is 67.8 Å². The number of aryl methyl sites for hydroxylation is 1. The standard InChI is InChI=1S/C27H36FN5O3/c1-16-29-24-10-12-33(27(35)36-3)26(25(24)30-16)19-14-21-7-8-22(15-19)32(21)11-9-23(31-17(2)34)18-5-4-6-20(28)13-18/h4-6,13,19,21-23,26H,7-12,14-15H2,1-3H3,(H,29,30)(H,31,34)/t19?,21?,22?,23-,26?/m0/s1. The number of nitrogens with one attached hydrogen (secondary N) is 2. The van der Waals surface area contributed by atoms with Crippen LogP contribution >= 0.6 is 0 Å². The molecule has 0 aliphatic carbocycles. The molecular formula is C27H36FN5O3. The molecule has 2 fully saturated rings. The summed E-state index contributed by atoms with van der Waals surface area (Å²) in [5, 5.41) is 3.01. The molecule has 2 N–H and O–H groups in total. The quantitative estimate of drug-likeness (QED) is 0.629. The van der Waals surface area contributed by atoms with Gasteiger partial charge in [-0.05, 0) is 62.6 Å². The zero-order valence-electron chi connectivity index (χ0n) is 21.3. The van der Waals surface area contributed by atoms with Crippen LogP contribution in [0.1, 0.15) is 73.9 Å². The number of carbonyl (C=O) groups is 2. The van der Waals surface area contributed by atoms with Crippen LogP contribution in [0.4, 0.5) is 9.18 Å². The molecule has 1 aromatic carbocycles. The minimum Gasteiger partial charge on any atom is -0.453 e. The third-order valence-electron chi connectivity index (χ3n) is 8.23. The molecule has 3 aliphatic rings. The lowest BCUT2D eigenvalue weighted by Gasteiger charge is -2.45. The molecule has 1 aromatic heterocycles. The van der Waals surface area contributed by atoms with Crippen LogP contribution in [0, 0.1) is 18.7 Å². The molecule has 2 bridgehead atoms. The average Bonchev–Trinajstić information content (AvgIpc) is 3.34. The van der Waals surface area contributed by atoms with E-state index >= 15 is 0 Å². The fourth-order valence-corrected chi connectivity index (χ4v) is 6.82. The van der Waals surface area contributed by atoms with Crippen LogP contribution in [-0.4, -0.2) is 64.1 Å². The number of methoxy groups -OCH3 is 1. The van der Waals surface area contributed by atoms with Gasteiger partial charge in [0.2, 0.25) is 5.91 Å². The summed E-state index contributed by atoms with van der Waals surface area (Å²) in [5.74, 6) is 0.794. The number of imidazole rings is 1. The number of amides is 2. The summed E-state index contributed by atoms with van der Waals surface area (Å²) in [7, 11) is 1.45. The van der Waals surface area contributed by atoms with E-state index in [-0.39, 0.29) is 29.9 Å². The van der Waals surface area contributed by atoms with Crippen molar-refractivity contribution >= 4 is 12.0 Å². The number of H-pyrrole nitrogens is 1. The molecule has 0 spiro atoms. The second-order valence-corrected chi connectivity index (χ2v) is 10.5. The van der Waals surface area contributed by atoms with Crippen LogP contribution in [0.3, 0.4) is 0 Å². The van der Waals surface area contributed by atoms with Crippen LogP contribution in [-0.2, 0) is 16.0 Å². The highest BCUT2D eigenvalue weighted by atomic mass is 19.1. The number of aromatic nitrogens is 2. The zero-order valence-corrected chi connectivity index (χ0v) is 21.3. The lowest BCUT2D eigenvalue weighted by Crippen LogP contribution is -2.50. The first-order chi connectivity index (χ1) is 17.3. The van der Waals surface area contributed by atoms with E-state index in [1.54, 1.807) is 6.07 Å². The maximum Gasteiger partial charge on any atom is 0.410 e. The predicted octanol–water partition coefficient (Wildman–Crippen LogP) is 4.03. The Balaban J connectivity index is 1.31. The van der Waals surface area contributed by atoms with E-state index in [1.165, 1.54) is 26.2 Å². The molecule has 3 unspecified atom stereocenters. The van der Waals surface area contributed by atoms with E-state index in [1.807, 2.05) is 17.9 Å². The van der Waals surface area contributed by atoms with Crippen LogP contribution in [0.5, 0.6) is 0 Å². The van der Waals surface area contributed by atoms with E-state index < -0.39 is 0 Å². The average molecular weight is 498 g/mol. The van der Waals surface area contributed by atoms with Crippen molar-refractivity contribution in [3.8, 4) is 0 Å². The van der Waals surface area contributed by atoms with Crippen LogP contribution in [0.25, 0.3) is 0 Å². The Hall–Kier alpha value is -2.94. The van der Waals surface area contributed by atoms with Crippen molar-refractivity contribution in [3.05, 3.63) is 52.9 Å². The van der Waals surface area contributed by atoms with Gasteiger partial charge in [0.25, 0.3) is 0 Å². The Bertz CT molecular complexity index is 1110. The van der Waals surface area contributed by atoms with Gasteiger partial charge in [0.05, 0.1) is 24.9 Å². The van der Waals surface area contributed by atoms with Crippen molar-refractivity contribution in [2.45, 2.75) is 76.5 Å². The van der Waals surface area contributed by atoms with Crippen molar-refractivity contribution in [2.75, 3.05) is 20.2 Å². The number of aromatic amines is 1. The minimum atomic E-state index is -0.292. The Labute approximate surface area is 211 Å². The second-order valence-electron chi connectivity index (χ2n) is 10.5. The molecule has 8 nitrogen and oxygen atoms in total. The van der Waals surface area contributed by atoms with Gasteiger partial charge in [0.15, 0.2) is 0 Å². The van der Waals surface area contributed by atoms with Gasteiger partial charge < -0.3 is 15.0 Å². The first-order valence-electron chi connectivity index (χ1n) is 13.0. The maximum absolute atomic E-state index is 13.9. The number of halogens is 1. The highest BCUT2D eigenvalue weighted by Crippen LogP contribution is 2.47. The molecule has 5 rings (SSSR count). The number of rotatable bonds is 6. The van der Waals surface area contributed by atoms with Gasteiger partial charge in [-0.3, -0.25) is 14.6 Å². The fraction of sp³-hybridized carbons (Fsp3) is 0.593. The summed E-state index contributed by atoms with van der Waals surface area (Å²) < 4.78 is 19.0. The van der Waals surface area contributed by atoms with Crippen LogP contribution in [0.2, 0.25) is 0 Å². The number of hydrogen-bond acceptors (Lipinski definition) is 5. The van der Waals surface area contributed by atoms with Gasteiger partial charge in [-0.25, -0.2) is 14.2 Å². The Morgan fingerprint density at radius 2 is 2.03 bits per heavy atom. The van der Waals surface area contributed by atoms with Gasteiger partial charge in [0, 0.05) is 44.2 Å². The van der Waals surface area contributed by atoms with Crippen molar-refractivity contribution in [2.24, 2.45) is 5.92 Å². The van der Waals surface area contributed by atoms with Crippen molar-refractivity contribution in [1.29, 1.82) is 0 Å². The zero-order chi connectivity index (χ0) is 25.4. The lowest BCUT2D eigenvalue weighted by atomic mass is 9.80. The number of hydrogen-bond donors (Lipinski definition) is 2. The first-order valence-corrected chi connectivity index (χ1v) is 13.0. The largest absolute Gasteiger partial charge is 0.453 e. The number of piperidine rings is 1. The molecular weight excluding hydrogens is 461 g/mol. The summed E-state index contributed by atoms with van der Waals surface area (Å²) in [6, 6.07) is 7.04. The Morgan fingerprint density at radius 3 is 2.69 bits per heavy atom. The lowest BCUT2D eigenvalue weighted by molar-refractivity contribution is -0.119. The molecule has 2 amide bonds. The third-order valence-corrected chi connectivity index (χ3v) is 8.23. The number of benzene rings is 1. The smallest absolute Gasteiger partial charge is 0.410 e. The predicted molar refractivity (Wildman–Crippen MR) is 133 cm³/mol.